The molecule has 1 fully saturated rings. The molecule has 0 bridgehead atoms. The molecule has 1 atom stereocenters. The maximum absolute atomic E-state index is 13.5. The van der Waals surface area contributed by atoms with Crippen LogP contribution in [0.2, 0.25) is 5.02 Å². The molecule has 1 saturated heterocycles. The van der Waals surface area contributed by atoms with Gasteiger partial charge in [0.25, 0.3) is 0 Å². The predicted molar refractivity (Wildman–Crippen MR) is 122 cm³/mol. The van der Waals surface area contributed by atoms with Gasteiger partial charge in [-0.25, -0.2) is 0 Å². The van der Waals surface area contributed by atoms with Crippen molar-refractivity contribution in [2.24, 2.45) is 0 Å². The third kappa shape index (κ3) is 4.86. The number of hydrogen-bond acceptors (Lipinski definition) is 4. The van der Waals surface area contributed by atoms with E-state index in [9.17, 15) is 9.59 Å². The second kappa shape index (κ2) is 9.71. The van der Waals surface area contributed by atoms with Crippen LogP contribution in [0.1, 0.15) is 36.4 Å². The zero-order valence-corrected chi connectivity index (χ0v) is 18.5. The van der Waals surface area contributed by atoms with E-state index in [1.165, 1.54) is 12.0 Å². The molecule has 2 heterocycles. The average molecular weight is 442 g/mol. The monoisotopic (exact) mass is 441 g/mol. The lowest BCUT2D eigenvalue weighted by Gasteiger charge is -2.39. The van der Waals surface area contributed by atoms with Crippen LogP contribution in [0.5, 0.6) is 5.75 Å². The van der Waals surface area contributed by atoms with Crippen LogP contribution in [0.15, 0.2) is 42.5 Å². The first-order chi connectivity index (χ1) is 15.1. The first-order valence-corrected chi connectivity index (χ1v) is 11.2. The van der Waals surface area contributed by atoms with Crippen LogP contribution >= 0.6 is 11.6 Å². The number of piperidine rings is 1. The Bertz CT molecular complexity index is 959. The predicted octanol–water partition coefficient (Wildman–Crippen LogP) is 3.90. The molecule has 1 N–H and O–H groups in total. The highest BCUT2D eigenvalue weighted by atomic mass is 35.5. The minimum atomic E-state index is -0.435. The van der Waals surface area contributed by atoms with E-state index in [0.717, 1.165) is 37.9 Å². The van der Waals surface area contributed by atoms with Gasteiger partial charge in [-0.3, -0.25) is 14.5 Å². The standard InChI is InChI=1S/C24H28ClN3O3/c1-31-21-10-9-18(25)15-20(21)26-22(29)16-28-14-11-17-7-3-4-8-19(17)23(28)24(30)27-12-5-2-6-13-27/h3-4,7-10,15,23H,2,5-6,11-14,16H2,1H3,(H,26,29). The fourth-order valence-electron chi connectivity index (χ4n) is 4.52. The van der Waals surface area contributed by atoms with E-state index >= 15 is 0 Å². The van der Waals surface area contributed by atoms with Crippen LogP contribution in [0, 0.1) is 0 Å². The van der Waals surface area contributed by atoms with Gasteiger partial charge in [-0.2, -0.15) is 0 Å². The molecule has 1 unspecified atom stereocenters. The summed E-state index contributed by atoms with van der Waals surface area (Å²) in [6, 6.07) is 12.7. The zero-order valence-electron chi connectivity index (χ0n) is 17.8. The van der Waals surface area contributed by atoms with Crippen LogP contribution < -0.4 is 10.1 Å². The number of nitrogens with one attached hydrogen (secondary N) is 1. The fraction of sp³-hybridized carbons (Fsp3) is 0.417. The minimum absolute atomic E-state index is 0.0972. The summed E-state index contributed by atoms with van der Waals surface area (Å²) in [5.41, 5.74) is 2.72. The number of nitrogens with zero attached hydrogens (tertiary/aromatic N) is 2. The molecule has 6 nitrogen and oxygen atoms in total. The number of fused-ring (bicyclic) bond motifs is 1. The van der Waals surface area contributed by atoms with E-state index in [2.05, 4.69) is 11.4 Å². The van der Waals surface area contributed by atoms with Gasteiger partial charge in [0.2, 0.25) is 11.8 Å². The molecule has 2 aliphatic rings. The number of rotatable bonds is 5. The molecule has 2 amide bonds. The zero-order chi connectivity index (χ0) is 21.8. The largest absolute Gasteiger partial charge is 0.495 e. The summed E-state index contributed by atoms with van der Waals surface area (Å²) < 4.78 is 5.33. The quantitative estimate of drug-likeness (QED) is 0.764. The Morgan fingerprint density at radius 2 is 1.87 bits per heavy atom. The molecule has 0 saturated carbocycles. The van der Waals surface area contributed by atoms with Crippen molar-refractivity contribution in [2.45, 2.75) is 31.7 Å². The summed E-state index contributed by atoms with van der Waals surface area (Å²) in [7, 11) is 1.55. The van der Waals surface area contributed by atoms with Crippen molar-refractivity contribution in [2.75, 3.05) is 38.6 Å². The van der Waals surface area contributed by atoms with Crippen molar-refractivity contribution in [1.82, 2.24) is 9.80 Å². The minimum Gasteiger partial charge on any atom is -0.495 e. The molecular weight excluding hydrogens is 414 g/mol. The van der Waals surface area contributed by atoms with Gasteiger partial charge < -0.3 is 15.0 Å². The van der Waals surface area contributed by atoms with E-state index in [-0.39, 0.29) is 18.4 Å². The average Bonchev–Trinajstić information content (AvgIpc) is 2.79. The third-order valence-corrected chi connectivity index (χ3v) is 6.30. The summed E-state index contributed by atoms with van der Waals surface area (Å²) in [5.74, 6) is 0.444. The molecule has 164 valence electrons. The Morgan fingerprint density at radius 1 is 1.10 bits per heavy atom. The van der Waals surface area contributed by atoms with Gasteiger partial charge in [0.1, 0.15) is 11.8 Å². The summed E-state index contributed by atoms with van der Waals surface area (Å²) in [6.07, 6.45) is 4.05. The van der Waals surface area contributed by atoms with Crippen molar-refractivity contribution >= 4 is 29.1 Å². The molecule has 0 aliphatic carbocycles. The Kier molecular flexibility index (Phi) is 6.78. The van der Waals surface area contributed by atoms with Crippen molar-refractivity contribution in [3.63, 3.8) is 0 Å². The highest BCUT2D eigenvalue weighted by molar-refractivity contribution is 6.31. The first kappa shape index (κ1) is 21.7. The van der Waals surface area contributed by atoms with Gasteiger partial charge >= 0.3 is 0 Å². The van der Waals surface area contributed by atoms with Gasteiger partial charge in [0.15, 0.2) is 0 Å². The van der Waals surface area contributed by atoms with E-state index in [1.807, 2.05) is 28.0 Å². The van der Waals surface area contributed by atoms with Gasteiger partial charge in [-0.1, -0.05) is 35.9 Å². The first-order valence-electron chi connectivity index (χ1n) is 10.8. The van der Waals surface area contributed by atoms with Gasteiger partial charge in [-0.15, -0.1) is 0 Å². The number of methoxy groups -OCH3 is 1. The molecule has 2 aliphatic heterocycles. The lowest BCUT2D eigenvalue weighted by atomic mass is 9.91. The van der Waals surface area contributed by atoms with Crippen molar-refractivity contribution in [3.8, 4) is 5.75 Å². The van der Waals surface area contributed by atoms with Crippen LogP contribution in [0.3, 0.4) is 0 Å². The number of carbonyl (C=O) groups excluding carboxylic acids is 2. The fourth-order valence-corrected chi connectivity index (χ4v) is 4.69. The Morgan fingerprint density at radius 3 is 2.65 bits per heavy atom. The highest BCUT2D eigenvalue weighted by Gasteiger charge is 2.36. The second-order valence-electron chi connectivity index (χ2n) is 8.10. The topological polar surface area (TPSA) is 61.9 Å². The SMILES string of the molecule is COc1ccc(Cl)cc1NC(=O)CN1CCc2ccccc2C1C(=O)N1CCCCC1. The Labute approximate surface area is 188 Å². The number of hydrogen-bond donors (Lipinski definition) is 1. The maximum Gasteiger partial charge on any atom is 0.244 e. The highest BCUT2D eigenvalue weighted by Crippen LogP contribution is 2.33. The van der Waals surface area contributed by atoms with E-state index in [0.29, 0.717) is 23.0 Å². The molecule has 2 aromatic carbocycles. The van der Waals surface area contributed by atoms with E-state index in [4.69, 9.17) is 16.3 Å². The van der Waals surface area contributed by atoms with Gasteiger partial charge in [-0.05, 0) is 55.0 Å². The molecule has 7 heteroatoms. The molecular formula is C24H28ClN3O3. The molecule has 0 spiro atoms. The number of ether oxygens (including phenoxy) is 1. The van der Waals surface area contributed by atoms with Crippen LogP contribution in [-0.2, 0) is 16.0 Å². The van der Waals surface area contributed by atoms with Crippen LogP contribution in [0.25, 0.3) is 0 Å². The maximum atomic E-state index is 13.5. The van der Waals surface area contributed by atoms with E-state index < -0.39 is 6.04 Å². The second-order valence-corrected chi connectivity index (χ2v) is 8.54. The van der Waals surface area contributed by atoms with E-state index in [1.54, 1.807) is 25.3 Å². The summed E-state index contributed by atoms with van der Waals surface area (Å²) in [5, 5.41) is 3.41. The molecule has 0 radical (unpaired) electrons. The number of carbonyl (C=O) groups is 2. The number of amides is 2. The number of anilines is 1. The van der Waals surface area contributed by atoms with Crippen molar-refractivity contribution < 1.29 is 14.3 Å². The summed E-state index contributed by atoms with van der Waals surface area (Å²) in [4.78, 5) is 30.4. The summed E-state index contributed by atoms with van der Waals surface area (Å²) in [6.45, 7) is 2.35. The van der Waals surface area contributed by atoms with Gasteiger partial charge in [0, 0.05) is 24.7 Å². The Hall–Kier alpha value is -2.57. The number of halogens is 1. The van der Waals surface area contributed by atoms with Crippen molar-refractivity contribution in [1.29, 1.82) is 0 Å². The molecule has 2 aromatic rings. The molecule has 31 heavy (non-hydrogen) atoms. The van der Waals surface area contributed by atoms with Crippen LogP contribution in [-0.4, -0.2) is 54.9 Å². The smallest absolute Gasteiger partial charge is 0.244 e. The number of benzene rings is 2. The lowest BCUT2D eigenvalue weighted by molar-refractivity contribution is -0.139. The molecule has 4 rings (SSSR count). The van der Waals surface area contributed by atoms with Crippen LogP contribution in [0.4, 0.5) is 5.69 Å². The normalized spacial score (nSPS) is 18.9. The Balaban J connectivity index is 1.55. The summed E-state index contributed by atoms with van der Waals surface area (Å²) >= 11 is 6.09. The third-order valence-electron chi connectivity index (χ3n) is 6.07. The lowest BCUT2D eigenvalue weighted by Crippen LogP contribution is -2.49. The van der Waals surface area contributed by atoms with Crippen molar-refractivity contribution in [3.05, 3.63) is 58.6 Å². The number of likely N-dealkylation sites (tertiary alicyclic amines) is 1. The molecule has 0 aromatic heterocycles. The van der Waals surface area contributed by atoms with Gasteiger partial charge in [0.05, 0.1) is 19.3 Å².